The number of halogens is 1. The van der Waals surface area contributed by atoms with Gasteiger partial charge in [0.2, 0.25) is 11.8 Å². The highest BCUT2D eigenvalue weighted by atomic mass is 79.9. The predicted molar refractivity (Wildman–Crippen MR) is 78.1 cm³/mol. The van der Waals surface area contributed by atoms with E-state index in [4.69, 9.17) is 5.84 Å². The van der Waals surface area contributed by atoms with E-state index in [1.54, 1.807) is 0 Å². The molecular formula is C13H18BrN3O2. The lowest BCUT2D eigenvalue weighted by molar-refractivity contribution is -0.124. The quantitative estimate of drug-likeness (QED) is 0.440. The highest BCUT2D eigenvalue weighted by molar-refractivity contribution is 9.10. The van der Waals surface area contributed by atoms with Crippen LogP contribution < -0.4 is 16.6 Å². The van der Waals surface area contributed by atoms with Crippen LogP contribution in [0.2, 0.25) is 0 Å². The van der Waals surface area contributed by atoms with Gasteiger partial charge in [0.05, 0.1) is 0 Å². The van der Waals surface area contributed by atoms with Crippen molar-refractivity contribution in [1.82, 2.24) is 5.43 Å². The molecule has 0 heterocycles. The molecule has 0 atom stereocenters. The van der Waals surface area contributed by atoms with Gasteiger partial charge in [0.15, 0.2) is 0 Å². The van der Waals surface area contributed by atoms with Crippen LogP contribution >= 0.6 is 15.9 Å². The van der Waals surface area contributed by atoms with Crippen LogP contribution in [0.15, 0.2) is 28.7 Å². The van der Waals surface area contributed by atoms with Crippen LogP contribution in [-0.2, 0) is 9.59 Å². The minimum absolute atomic E-state index is 0.132. The molecule has 0 bridgehead atoms. The fraction of sp³-hybridized carbons (Fsp3) is 0.385. The van der Waals surface area contributed by atoms with Gasteiger partial charge in [-0.25, -0.2) is 5.84 Å². The van der Waals surface area contributed by atoms with Gasteiger partial charge in [-0.1, -0.05) is 35.8 Å². The van der Waals surface area contributed by atoms with Crippen molar-refractivity contribution in [2.75, 3.05) is 5.32 Å². The number of carbonyl (C=O) groups excluding carboxylic acids is 2. The molecule has 6 heteroatoms. The van der Waals surface area contributed by atoms with E-state index in [2.05, 4.69) is 26.7 Å². The Kier molecular flexibility index (Phi) is 5.50. The van der Waals surface area contributed by atoms with Gasteiger partial charge in [0.25, 0.3) is 0 Å². The average molecular weight is 328 g/mol. The van der Waals surface area contributed by atoms with E-state index in [1.165, 1.54) is 0 Å². The molecule has 4 N–H and O–H groups in total. The van der Waals surface area contributed by atoms with Crippen LogP contribution in [0, 0.1) is 5.41 Å². The summed E-state index contributed by atoms with van der Waals surface area (Å²) >= 11 is 3.34. The smallest absolute Gasteiger partial charge is 0.234 e. The number of carbonyl (C=O) groups is 2. The number of rotatable bonds is 5. The molecule has 0 spiro atoms. The molecule has 19 heavy (non-hydrogen) atoms. The molecule has 104 valence electrons. The Morgan fingerprint density at radius 2 is 1.89 bits per heavy atom. The summed E-state index contributed by atoms with van der Waals surface area (Å²) in [6.45, 7) is 3.70. The van der Waals surface area contributed by atoms with Gasteiger partial charge in [-0.05, 0) is 23.6 Å². The number of amides is 2. The van der Waals surface area contributed by atoms with Crippen LogP contribution in [0.5, 0.6) is 0 Å². The first-order valence-corrected chi connectivity index (χ1v) is 6.66. The van der Waals surface area contributed by atoms with Crippen molar-refractivity contribution in [2.45, 2.75) is 26.7 Å². The Labute approximate surface area is 121 Å². The first-order chi connectivity index (χ1) is 8.82. The van der Waals surface area contributed by atoms with E-state index >= 15 is 0 Å². The Bertz CT molecular complexity index is 475. The molecule has 1 aromatic carbocycles. The normalized spacial score (nSPS) is 10.9. The highest BCUT2D eigenvalue weighted by Crippen LogP contribution is 2.25. The number of hydrogen-bond acceptors (Lipinski definition) is 3. The number of nitrogens with one attached hydrogen (secondary N) is 2. The number of hydrazine groups is 1. The molecule has 0 aromatic heterocycles. The van der Waals surface area contributed by atoms with Gasteiger partial charge in [-0.3, -0.25) is 15.0 Å². The van der Waals surface area contributed by atoms with Gasteiger partial charge in [0.1, 0.15) is 0 Å². The summed E-state index contributed by atoms with van der Waals surface area (Å²) in [6.07, 6.45) is 0.447. The second kappa shape index (κ2) is 6.68. The minimum Gasteiger partial charge on any atom is -0.326 e. The van der Waals surface area contributed by atoms with Crippen molar-refractivity contribution in [2.24, 2.45) is 11.3 Å². The van der Waals surface area contributed by atoms with Crippen LogP contribution in [-0.4, -0.2) is 11.8 Å². The lowest BCUT2D eigenvalue weighted by atomic mass is 9.85. The van der Waals surface area contributed by atoms with Crippen LogP contribution in [0.25, 0.3) is 0 Å². The van der Waals surface area contributed by atoms with Crippen LogP contribution in [0.1, 0.15) is 26.7 Å². The summed E-state index contributed by atoms with van der Waals surface area (Å²) in [7, 11) is 0. The second-order valence-corrected chi connectivity index (χ2v) is 6.06. The van der Waals surface area contributed by atoms with Crippen LogP contribution in [0.4, 0.5) is 5.69 Å². The molecular weight excluding hydrogens is 310 g/mol. The summed E-state index contributed by atoms with van der Waals surface area (Å²) in [5.41, 5.74) is 2.35. The Morgan fingerprint density at radius 1 is 1.26 bits per heavy atom. The third-order valence-electron chi connectivity index (χ3n) is 2.55. The fourth-order valence-electron chi connectivity index (χ4n) is 1.75. The predicted octanol–water partition coefficient (Wildman–Crippen LogP) is 2.18. The van der Waals surface area contributed by atoms with E-state index in [0.29, 0.717) is 0 Å². The highest BCUT2D eigenvalue weighted by Gasteiger charge is 2.25. The SMILES string of the molecule is CC(C)(CC(=O)NN)CC(=O)Nc1cccc(Br)c1. The number of nitrogens with two attached hydrogens (primary N) is 1. The molecule has 0 radical (unpaired) electrons. The van der Waals surface area contributed by atoms with Crippen molar-refractivity contribution in [3.8, 4) is 0 Å². The molecule has 0 aliphatic rings. The van der Waals surface area contributed by atoms with Crippen LogP contribution in [0.3, 0.4) is 0 Å². The molecule has 0 aliphatic heterocycles. The fourth-order valence-corrected chi connectivity index (χ4v) is 2.15. The zero-order valence-electron chi connectivity index (χ0n) is 11.0. The molecule has 0 fully saturated rings. The third-order valence-corrected chi connectivity index (χ3v) is 3.04. The average Bonchev–Trinajstić information content (AvgIpc) is 2.26. The Balaban J connectivity index is 2.57. The molecule has 2 amide bonds. The van der Waals surface area contributed by atoms with Crippen molar-refractivity contribution < 1.29 is 9.59 Å². The van der Waals surface area contributed by atoms with Gasteiger partial charge in [0, 0.05) is 23.0 Å². The van der Waals surface area contributed by atoms with E-state index in [9.17, 15) is 9.59 Å². The summed E-state index contributed by atoms with van der Waals surface area (Å²) in [5.74, 6) is 4.64. The number of benzene rings is 1. The molecule has 0 saturated heterocycles. The zero-order valence-corrected chi connectivity index (χ0v) is 12.6. The second-order valence-electron chi connectivity index (χ2n) is 5.14. The van der Waals surface area contributed by atoms with Gasteiger partial charge < -0.3 is 5.32 Å². The van der Waals surface area contributed by atoms with Crippen molar-refractivity contribution in [1.29, 1.82) is 0 Å². The monoisotopic (exact) mass is 327 g/mol. The first kappa shape index (κ1) is 15.7. The maximum absolute atomic E-state index is 11.9. The summed E-state index contributed by atoms with van der Waals surface area (Å²) in [5, 5.41) is 2.80. The minimum atomic E-state index is -0.445. The van der Waals surface area contributed by atoms with Crippen molar-refractivity contribution in [3.63, 3.8) is 0 Å². The standard InChI is InChI=1S/C13H18BrN3O2/c1-13(2,8-12(19)17-15)7-11(18)16-10-5-3-4-9(14)6-10/h3-6H,7-8,15H2,1-2H3,(H,16,18)(H,17,19). The zero-order chi connectivity index (χ0) is 14.5. The Morgan fingerprint density at radius 3 is 2.47 bits per heavy atom. The first-order valence-electron chi connectivity index (χ1n) is 5.87. The van der Waals surface area contributed by atoms with E-state index in [0.717, 1.165) is 10.2 Å². The number of anilines is 1. The van der Waals surface area contributed by atoms with E-state index in [-0.39, 0.29) is 24.7 Å². The maximum atomic E-state index is 11.9. The lowest BCUT2D eigenvalue weighted by Crippen LogP contribution is -2.35. The van der Waals surface area contributed by atoms with Gasteiger partial charge in [-0.15, -0.1) is 0 Å². The summed E-state index contributed by atoms with van der Waals surface area (Å²) < 4.78 is 0.895. The molecule has 1 rings (SSSR count). The van der Waals surface area contributed by atoms with Gasteiger partial charge in [-0.2, -0.15) is 0 Å². The number of hydrogen-bond donors (Lipinski definition) is 3. The summed E-state index contributed by atoms with van der Waals surface area (Å²) in [6, 6.07) is 7.34. The third kappa shape index (κ3) is 5.85. The summed E-state index contributed by atoms with van der Waals surface area (Å²) in [4.78, 5) is 23.2. The van der Waals surface area contributed by atoms with Crippen molar-refractivity contribution in [3.05, 3.63) is 28.7 Å². The Hall–Kier alpha value is -1.40. The van der Waals surface area contributed by atoms with E-state index in [1.807, 2.05) is 38.1 Å². The molecule has 1 aromatic rings. The maximum Gasteiger partial charge on any atom is 0.234 e. The molecule has 0 aliphatic carbocycles. The topological polar surface area (TPSA) is 84.2 Å². The molecule has 5 nitrogen and oxygen atoms in total. The molecule has 0 saturated carbocycles. The lowest BCUT2D eigenvalue weighted by Gasteiger charge is -2.22. The van der Waals surface area contributed by atoms with Crippen molar-refractivity contribution >= 4 is 33.4 Å². The van der Waals surface area contributed by atoms with Gasteiger partial charge >= 0.3 is 0 Å². The van der Waals surface area contributed by atoms with E-state index < -0.39 is 5.41 Å². The largest absolute Gasteiger partial charge is 0.326 e. The molecule has 0 unspecified atom stereocenters.